The normalized spacial score (nSPS) is 27.1. The van der Waals surface area contributed by atoms with Crippen molar-refractivity contribution in [1.29, 1.82) is 0 Å². The van der Waals surface area contributed by atoms with Crippen LogP contribution in [0.15, 0.2) is 24.3 Å². The van der Waals surface area contributed by atoms with Gasteiger partial charge < -0.3 is 10.5 Å². The summed E-state index contributed by atoms with van der Waals surface area (Å²) in [5.74, 6) is 0. The highest BCUT2D eigenvalue weighted by Crippen LogP contribution is 2.30. The molecule has 1 saturated carbocycles. The van der Waals surface area contributed by atoms with Crippen LogP contribution in [0.1, 0.15) is 38.2 Å². The van der Waals surface area contributed by atoms with E-state index in [1.54, 1.807) is 0 Å². The SMILES string of the molecule is CC1CCC(CN(Cc2cccc(N)c2)C2CC2)O1. The molecule has 1 saturated heterocycles. The molecule has 3 nitrogen and oxygen atoms in total. The molecular formula is C16H24N2O. The summed E-state index contributed by atoms with van der Waals surface area (Å²) < 4.78 is 5.96. The fourth-order valence-corrected chi connectivity index (χ4v) is 2.99. The average Bonchev–Trinajstić information content (AvgIpc) is 3.13. The van der Waals surface area contributed by atoms with Crippen molar-refractivity contribution in [2.75, 3.05) is 12.3 Å². The van der Waals surface area contributed by atoms with Gasteiger partial charge >= 0.3 is 0 Å². The smallest absolute Gasteiger partial charge is 0.0706 e. The Morgan fingerprint density at radius 2 is 2.11 bits per heavy atom. The zero-order valence-corrected chi connectivity index (χ0v) is 11.7. The largest absolute Gasteiger partial charge is 0.399 e. The molecular weight excluding hydrogens is 236 g/mol. The van der Waals surface area contributed by atoms with Gasteiger partial charge in [-0.25, -0.2) is 0 Å². The zero-order valence-electron chi connectivity index (χ0n) is 11.7. The lowest BCUT2D eigenvalue weighted by molar-refractivity contribution is 0.0278. The van der Waals surface area contributed by atoms with Gasteiger partial charge in [-0.05, 0) is 50.3 Å². The van der Waals surface area contributed by atoms with Crippen molar-refractivity contribution in [3.8, 4) is 0 Å². The molecule has 3 heteroatoms. The summed E-state index contributed by atoms with van der Waals surface area (Å²) >= 11 is 0. The lowest BCUT2D eigenvalue weighted by atomic mass is 10.1. The Morgan fingerprint density at radius 1 is 1.26 bits per heavy atom. The summed E-state index contributed by atoms with van der Waals surface area (Å²) in [5, 5.41) is 0. The van der Waals surface area contributed by atoms with E-state index in [-0.39, 0.29) is 0 Å². The van der Waals surface area contributed by atoms with Crippen molar-refractivity contribution in [3.05, 3.63) is 29.8 Å². The maximum absolute atomic E-state index is 5.96. The maximum Gasteiger partial charge on any atom is 0.0706 e. The Kier molecular flexibility index (Phi) is 3.76. The summed E-state index contributed by atoms with van der Waals surface area (Å²) in [6.07, 6.45) is 5.97. The minimum absolute atomic E-state index is 0.427. The highest BCUT2D eigenvalue weighted by atomic mass is 16.5. The monoisotopic (exact) mass is 260 g/mol. The molecule has 1 aromatic rings. The minimum atomic E-state index is 0.427. The predicted octanol–water partition coefficient (Wildman–Crippen LogP) is 2.80. The highest BCUT2D eigenvalue weighted by Gasteiger charge is 2.32. The van der Waals surface area contributed by atoms with Crippen molar-refractivity contribution >= 4 is 5.69 Å². The summed E-state index contributed by atoms with van der Waals surface area (Å²) in [7, 11) is 0. The third-order valence-corrected chi connectivity index (χ3v) is 4.16. The van der Waals surface area contributed by atoms with Crippen LogP contribution in [0.4, 0.5) is 5.69 Å². The van der Waals surface area contributed by atoms with Crippen LogP contribution in [0.2, 0.25) is 0 Å². The lowest BCUT2D eigenvalue weighted by Crippen LogP contribution is -2.33. The van der Waals surface area contributed by atoms with Crippen molar-refractivity contribution < 1.29 is 4.74 Å². The summed E-state index contributed by atoms with van der Waals surface area (Å²) in [5.41, 5.74) is 8.04. The van der Waals surface area contributed by atoms with Gasteiger partial charge in [-0.2, -0.15) is 0 Å². The van der Waals surface area contributed by atoms with Gasteiger partial charge in [-0.15, -0.1) is 0 Å². The van der Waals surface area contributed by atoms with E-state index in [1.807, 2.05) is 12.1 Å². The van der Waals surface area contributed by atoms with Gasteiger partial charge in [0, 0.05) is 24.8 Å². The molecule has 0 radical (unpaired) electrons. The number of nitrogen functional groups attached to an aromatic ring is 1. The van der Waals surface area contributed by atoms with Crippen molar-refractivity contribution in [2.24, 2.45) is 0 Å². The Bertz CT molecular complexity index is 431. The first-order chi connectivity index (χ1) is 9.20. The third-order valence-electron chi connectivity index (χ3n) is 4.16. The predicted molar refractivity (Wildman–Crippen MR) is 77.9 cm³/mol. The van der Waals surface area contributed by atoms with E-state index >= 15 is 0 Å². The van der Waals surface area contributed by atoms with E-state index < -0.39 is 0 Å². The van der Waals surface area contributed by atoms with Gasteiger partial charge in [0.15, 0.2) is 0 Å². The molecule has 0 spiro atoms. The van der Waals surface area contributed by atoms with Crippen molar-refractivity contribution in [1.82, 2.24) is 4.90 Å². The van der Waals surface area contributed by atoms with Gasteiger partial charge in [-0.3, -0.25) is 4.90 Å². The van der Waals surface area contributed by atoms with E-state index in [2.05, 4.69) is 24.0 Å². The first-order valence-corrected chi connectivity index (χ1v) is 7.44. The summed E-state index contributed by atoms with van der Waals surface area (Å²) in [4.78, 5) is 2.58. The fraction of sp³-hybridized carbons (Fsp3) is 0.625. The number of hydrogen-bond donors (Lipinski definition) is 1. The Labute approximate surface area is 115 Å². The van der Waals surface area contributed by atoms with Crippen LogP contribution in [0.5, 0.6) is 0 Å². The van der Waals surface area contributed by atoms with Gasteiger partial charge in [0.1, 0.15) is 0 Å². The number of ether oxygens (including phenoxy) is 1. The van der Waals surface area contributed by atoms with Crippen LogP contribution in [0.25, 0.3) is 0 Å². The fourth-order valence-electron chi connectivity index (χ4n) is 2.99. The standard InChI is InChI=1S/C16H24N2O/c1-12-5-8-16(19-12)11-18(15-6-7-15)10-13-3-2-4-14(17)9-13/h2-4,9,12,15-16H,5-8,10-11,17H2,1H3. The Balaban J connectivity index is 1.61. The lowest BCUT2D eigenvalue weighted by Gasteiger charge is -2.25. The van der Waals surface area contributed by atoms with E-state index in [1.165, 1.54) is 31.2 Å². The second-order valence-corrected chi connectivity index (χ2v) is 6.05. The average molecular weight is 260 g/mol. The van der Waals surface area contributed by atoms with Crippen LogP contribution in [0, 0.1) is 0 Å². The molecule has 2 aliphatic rings. The second-order valence-electron chi connectivity index (χ2n) is 6.05. The molecule has 1 heterocycles. The van der Waals surface area contributed by atoms with Crippen LogP contribution >= 0.6 is 0 Å². The molecule has 104 valence electrons. The molecule has 0 bridgehead atoms. The molecule has 0 amide bonds. The van der Waals surface area contributed by atoms with E-state index in [4.69, 9.17) is 10.5 Å². The zero-order chi connectivity index (χ0) is 13.2. The molecule has 2 fully saturated rings. The molecule has 2 atom stereocenters. The number of nitrogens with two attached hydrogens (primary N) is 1. The first kappa shape index (κ1) is 12.9. The molecule has 3 rings (SSSR count). The second kappa shape index (κ2) is 5.51. The Morgan fingerprint density at radius 3 is 2.74 bits per heavy atom. The molecule has 2 unspecified atom stereocenters. The van der Waals surface area contributed by atoms with Crippen LogP contribution in [-0.4, -0.2) is 29.7 Å². The van der Waals surface area contributed by atoms with E-state index in [0.717, 1.165) is 24.8 Å². The Hall–Kier alpha value is -1.06. The summed E-state index contributed by atoms with van der Waals surface area (Å²) in [6.45, 7) is 4.26. The molecule has 1 aliphatic heterocycles. The quantitative estimate of drug-likeness (QED) is 0.827. The van der Waals surface area contributed by atoms with Crippen molar-refractivity contribution in [3.63, 3.8) is 0 Å². The van der Waals surface area contributed by atoms with Gasteiger partial charge in [0.2, 0.25) is 0 Å². The van der Waals surface area contributed by atoms with Gasteiger partial charge in [0.05, 0.1) is 12.2 Å². The van der Waals surface area contributed by atoms with Crippen LogP contribution in [0.3, 0.4) is 0 Å². The molecule has 0 aromatic heterocycles. The highest BCUT2D eigenvalue weighted by molar-refractivity contribution is 5.40. The van der Waals surface area contributed by atoms with Gasteiger partial charge in [-0.1, -0.05) is 12.1 Å². The number of rotatable bonds is 5. The van der Waals surface area contributed by atoms with Gasteiger partial charge in [0.25, 0.3) is 0 Å². The molecule has 19 heavy (non-hydrogen) atoms. The third kappa shape index (κ3) is 3.48. The van der Waals surface area contributed by atoms with Crippen LogP contribution in [-0.2, 0) is 11.3 Å². The van der Waals surface area contributed by atoms with E-state index in [9.17, 15) is 0 Å². The van der Waals surface area contributed by atoms with Crippen molar-refractivity contribution in [2.45, 2.75) is 57.4 Å². The molecule has 1 aliphatic carbocycles. The number of hydrogen-bond acceptors (Lipinski definition) is 3. The maximum atomic E-state index is 5.96. The topological polar surface area (TPSA) is 38.5 Å². The number of benzene rings is 1. The number of nitrogens with zero attached hydrogens (tertiary/aromatic N) is 1. The number of anilines is 1. The summed E-state index contributed by atoms with van der Waals surface area (Å²) in [6, 6.07) is 9.02. The van der Waals surface area contributed by atoms with E-state index in [0.29, 0.717) is 12.2 Å². The first-order valence-electron chi connectivity index (χ1n) is 7.44. The van der Waals surface area contributed by atoms with Crippen LogP contribution < -0.4 is 5.73 Å². The molecule has 1 aromatic carbocycles. The molecule has 2 N–H and O–H groups in total. The minimum Gasteiger partial charge on any atom is -0.399 e.